The van der Waals surface area contributed by atoms with Crippen LogP contribution in [0.5, 0.6) is 0 Å². The van der Waals surface area contributed by atoms with Crippen LogP contribution < -0.4 is 5.32 Å². The molecule has 0 radical (unpaired) electrons. The van der Waals surface area contributed by atoms with Crippen molar-refractivity contribution in [3.05, 3.63) is 23.3 Å². The molecule has 1 N–H and O–H groups in total. The van der Waals surface area contributed by atoms with Crippen molar-refractivity contribution < 1.29 is 8.42 Å². The summed E-state index contributed by atoms with van der Waals surface area (Å²) in [5.41, 5.74) is 2.60. The van der Waals surface area contributed by atoms with Gasteiger partial charge in [-0.1, -0.05) is 6.42 Å². The molecule has 20 heavy (non-hydrogen) atoms. The molecule has 0 heterocycles. The Balaban J connectivity index is 2.40. The van der Waals surface area contributed by atoms with Gasteiger partial charge in [0.05, 0.1) is 4.90 Å². The van der Waals surface area contributed by atoms with Crippen LogP contribution in [0.4, 0.5) is 5.69 Å². The second kappa shape index (κ2) is 5.74. The maximum absolute atomic E-state index is 12.8. The number of benzene rings is 1. The Morgan fingerprint density at radius 3 is 2.20 bits per heavy atom. The fourth-order valence-electron chi connectivity index (χ4n) is 2.75. The van der Waals surface area contributed by atoms with Crippen molar-refractivity contribution in [2.24, 2.45) is 0 Å². The zero-order chi connectivity index (χ0) is 14.9. The topological polar surface area (TPSA) is 49.4 Å². The summed E-state index contributed by atoms with van der Waals surface area (Å²) in [4.78, 5) is 0.466. The van der Waals surface area contributed by atoms with Gasteiger partial charge in [0.15, 0.2) is 0 Å². The summed E-state index contributed by atoms with van der Waals surface area (Å²) in [7, 11) is -1.68. The Morgan fingerprint density at radius 2 is 1.80 bits per heavy atom. The number of aryl methyl sites for hydroxylation is 2. The molecule has 112 valence electrons. The second-order valence-corrected chi connectivity index (χ2v) is 7.51. The zero-order valence-electron chi connectivity index (χ0n) is 12.7. The van der Waals surface area contributed by atoms with Gasteiger partial charge in [-0.05, 0) is 56.9 Å². The van der Waals surface area contributed by atoms with E-state index >= 15 is 0 Å². The molecular formula is C15H24N2O2S. The van der Waals surface area contributed by atoms with E-state index in [2.05, 4.69) is 5.32 Å². The van der Waals surface area contributed by atoms with Crippen LogP contribution in [0.15, 0.2) is 17.0 Å². The standard InChI is InChI=1S/C15H24N2O2S/c1-5-16-13-9-11(2)15(12(3)10-13)20(18,19)17(4)14-7-6-8-14/h9-10,14,16H,5-8H2,1-4H3. The maximum atomic E-state index is 12.8. The summed E-state index contributed by atoms with van der Waals surface area (Å²) in [5, 5.41) is 3.23. The van der Waals surface area contributed by atoms with Gasteiger partial charge >= 0.3 is 0 Å². The SMILES string of the molecule is CCNc1cc(C)c(S(=O)(=O)N(C)C2CCC2)c(C)c1. The highest BCUT2D eigenvalue weighted by atomic mass is 32.2. The van der Waals surface area contributed by atoms with Crippen LogP contribution in [0.3, 0.4) is 0 Å². The quantitative estimate of drug-likeness (QED) is 0.909. The van der Waals surface area contributed by atoms with Gasteiger partial charge < -0.3 is 5.32 Å². The van der Waals surface area contributed by atoms with Crippen LogP contribution in [-0.2, 0) is 10.0 Å². The molecule has 1 aliphatic rings. The van der Waals surface area contributed by atoms with Gasteiger partial charge in [0.1, 0.15) is 0 Å². The molecule has 1 saturated carbocycles. The van der Waals surface area contributed by atoms with Crippen molar-refractivity contribution in [2.75, 3.05) is 18.9 Å². The van der Waals surface area contributed by atoms with Crippen molar-refractivity contribution in [3.63, 3.8) is 0 Å². The lowest BCUT2D eigenvalue weighted by atomic mass is 9.94. The molecule has 1 aliphatic carbocycles. The van der Waals surface area contributed by atoms with E-state index in [1.54, 1.807) is 11.4 Å². The number of sulfonamides is 1. The minimum absolute atomic E-state index is 0.173. The molecule has 0 spiro atoms. The molecule has 0 atom stereocenters. The minimum Gasteiger partial charge on any atom is -0.385 e. The van der Waals surface area contributed by atoms with Crippen LogP contribution in [0, 0.1) is 13.8 Å². The van der Waals surface area contributed by atoms with Crippen molar-refractivity contribution >= 4 is 15.7 Å². The average molecular weight is 296 g/mol. The fourth-order valence-corrected chi connectivity index (χ4v) is 4.58. The fraction of sp³-hybridized carbons (Fsp3) is 0.600. The minimum atomic E-state index is -3.39. The Kier molecular flexibility index (Phi) is 4.39. The zero-order valence-corrected chi connectivity index (χ0v) is 13.5. The molecule has 5 heteroatoms. The molecule has 0 amide bonds. The van der Waals surface area contributed by atoms with Crippen LogP contribution in [0.25, 0.3) is 0 Å². The van der Waals surface area contributed by atoms with Crippen molar-refractivity contribution in [1.82, 2.24) is 4.31 Å². The Morgan fingerprint density at radius 1 is 1.25 bits per heavy atom. The van der Waals surface area contributed by atoms with Crippen molar-refractivity contribution in [2.45, 2.75) is 51.0 Å². The third-order valence-corrected chi connectivity index (χ3v) is 6.28. The smallest absolute Gasteiger partial charge is 0.243 e. The summed E-state index contributed by atoms with van der Waals surface area (Å²) in [6.45, 7) is 6.59. The third kappa shape index (κ3) is 2.69. The molecule has 0 aliphatic heterocycles. The lowest BCUT2D eigenvalue weighted by Crippen LogP contribution is -2.41. The van der Waals surface area contributed by atoms with Gasteiger partial charge in [-0.15, -0.1) is 0 Å². The normalized spacial score (nSPS) is 16.2. The highest BCUT2D eigenvalue weighted by Gasteiger charge is 2.33. The first-order chi connectivity index (χ1) is 9.37. The van der Waals surface area contributed by atoms with Gasteiger partial charge in [-0.2, -0.15) is 4.31 Å². The van der Waals surface area contributed by atoms with Crippen LogP contribution in [0.2, 0.25) is 0 Å². The second-order valence-electron chi connectivity index (χ2n) is 5.58. The first-order valence-corrected chi connectivity index (χ1v) is 8.65. The van der Waals surface area contributed by atoms with Gasteiger partial charge in [0, 0.05) is 25.3 Å². The molecule has 1 aromatic carbocycles. The van der Waals surface area contributed by atoms with Gasteiger partial charge in [-0.25, -0.2) is 8.42 Å². The molecule has 0 saturated heterocycles. The number of anilines is 1. The van der Waals surface area contributed by atoms with E-state index in [4.69, 9.17) is 0 Å². The first kappa shape index (κ1) is 15.3. The Hall–Kier alpha value is -1.07. The Bertz CT molecular complexity index is 569. The highest BCUT2D eigenvalue weighted by molar-refractivity contribution is 7.89. The summed E-state index contributed by atoms with van der Waals surface area (Å²) >= 11 is 0. The van der Waals surface area contributed by atoms with E-state index < -0.39 is 10.0 Å². The predicted octanol–water partition coefficient (Wildman–Crippen LogP) is 2.91. The van der Waals surface area contributed by atoms with Gasteiger partial charge in [0.2, 0.25) is 10.0 Å². The number of nitrogens with one attached hydrogen (secondary N) is 1. The van der Waals surface area contributed by atoms with Crippen LogP contribution in [-0.4, -0.2) is 32.4 Å². The lowest BCUT2D eigenvalue weighted by molar-refractivity contribution is 0.249. The van der Waals surface area contributed by atoms with E-state index in [-0.39, 0.29) is 6.04 Å². The molecule has 4 nitrogen and oxygen atoms in total. The number of rotatable bonds is 5. The number of hydrogen-bond acceptors (Lipinski definition) is 3. The van der Waals surface area contributed by atoms with E-state index in [0.29, 0.717) is 4.90 Å². The largest absolute Gasteiger partial charge is 0.385 e. The number of nitrogens with zero attached hydrogens (tertiary/aromatic N) is 1. The first-order valence-electron chi connectivity index (χ1n) is 7.21. The maximum Gasteiger partial charge on any atom is 0.243 e. The molecule has 1 fully saturated rings. The van der Waals surface area contributed by atoms with E-state index in [0.717, 1.165) is 42.6 Å². The molecular weight excluding hydrogens is 272 g/mol. The summed E-state index contributed by atoms with van der Waals surface area (Å²) in [5.74, 6) is 0. The summed E-state index contributed by atoms with van der Waals surface area (Å²) in [6, 6.07) is 4.00. The molecule has 0 aromatic heterocycles. The Labute approximate surface area is 122 Å². The average Bonchev–Trinajstić information content (AvgIpc) is 2.25. The molecule has 0 unspecified atom stereocenters. The summed E-state index contributed by atoms with van der Waals surface area (Å²) < 4.78 is 27.1. The summed E-state index contributed by atoms with van der Waals surface area (Å²) in [6.07, 6.45) is 3.08. The molecule has 2 rings (SSSR count). The predicted molar refractivity (Wildman–Crippen MR) is 82.7 cm³/mol. The molecule has 1 aromatic rings. The van der Waals surface area contributed by atoms with Crippen LogP contribution >= 0.6 is 0 Å². The van der Waals surface area contributed by atoms with E-state index in [9.17, 15) is 8.42 Å². The van der Waals surface area contributed by atoms with Crippen LogP contribution in [0.1, 0.15) is 37.3 Å². The van der Waals surface area contributed by atoms with Gasteiger partial charge in [-0.3, -0.25) is 0 Å². The third-order valence-electron chi connectivity index (χ3n) is 4.07. The van der Waals surface area contributed by atoms with E-state index in [1.807, 2.05) is 32.9 Å². The molecule has 0 bridgehead atoms. The number of hydrogen-bond donors (Lipinski definition) is 1. The van der Waals surface area contributed by atoms with Crippen molar-refractivity contribution in [1.29, 1.82) is 0 Å². The van der Waals surface area contributed by atoms with Gasteiger partial charge in [0.25, 0.3) is 0 Å². The lowest BCUT2D eigenvalue weighted by Gasteiger charge is -2.34. The monoisotopic (exact) mass is 296 g/mol. The van der Waals surface area contributed by atoms with E-state index in [1.165, 1.54) is 0 Å². The van der Waals surface area contributed by atoms with Crippen molar-refractivity contribution in [3.8, 4) is 0 Å². The highest BCUT2D eigenvalue weighted by Crippen LogP contribution is 2.32.